The molecule has 3 aliphatic heterocycles. The van der Waals surface area contributed by atoms with Crippen LogP contribution in [0.5, 0.6) is 0 Å². The summed E-state index contributed by atoms with van der Waals surface area (Å²) in [6.07, 6.45) is 3.49. The molecule has 7 rings (SSSR count). The van der Waals surface area contributed by atoms with E-state index in [-0.39, 0.29) is 0 Å². The van der Waals surface area contributed by atoms with Crippen LogP contribution >= 0.6 is 0 Å². The van der Waals surface area contributed by atoms with Crippen LogP contribution in [-0.2, 0) is 9.47 Å². The van der Waals surface area contributed by atoms with Crippen molar-refractivity contribution in [3.8, 4) is 0 Å². The summed E-state index contributed by atoms with van der Waals surface area (Å²) < 4.78 is 11.1. The largest absolute Gasteiger partial charge is 0.378 e. The molecule has 0 saturated carbocycles. The Labute approximate surface area is 231 Å². The highest BCUT2D eigenvalue weighted by molar-refractivity contribution is 5.76. The molecule has 2 aromatic carbocycles. The Hall–Kier alpha value is -4.68. The maximum atomic E-state index is 5.57. The first-order chi connectivity index (χ1) is 19.7. The Morgan fingerprint density at radius 1 is 0.525 bits per heavy atom. The number of aromatic nitrogens is 4. The Bertz CT molecular complexity index is 1310. The van der Waals surface area contributed by atoms with Crippen LogP contribution in [0, 0.1) is 0 Å². The highest BCUT2D eigenvalue weighted by Crippen LogP contribution is 2.32. The molecule has 0 spiro atoms. The van der Waals surface area contributed by atoms with E-state index in [0.717, 1.165) is 60.3 Å². The summed E-state index contributed by atoms with van der Waals surface area (Å²) in [6, 6.07) is 16.2. The SMILES string of the molecule is c1cc2nc(n1)Nc1cc(cc(N3CCOCC3)c1)Nc1ccnc(n1)Nc1cc(cc(N3CCOCC3)c1)N2. The number of nitrogens with zero attached hydrogens (tertiary/aromatic N) is 6. The van der Waals surface area contributed by atoms with Gasteiger partial charge < -0.3 is 40.5 Å². The predicted octanol–water partition coefficient (Wildman–Crippen LogP) is 4.23. The van der Waals surface area contributed by atoms with Gasteiger partial charge in [0.2, 0.25) is 11.9 Å². The van der Waals surface area contributed by atoms with Gasteiger partial charge in [0.05, 0.1) is 26.4 Å². The number of hydrogen-bond donors (Lipinski definition) is 4. The number of morpholine rings is 2. The van der Waals surface area contributed by atoms with Crippen molar-refractivity contribution in [3.05, 3.63) is 60.9 Å². The van der Waals surface area contributed by atoms with Crippen molar-refractivity contribution in [1.82, 2.24) is 19.9 Å². The lowest BCUT2D eigenvalue weighted by Crippen LogP contribution is -2.36. The van der Waals surface area contributed by atoms with Crippen LogP contribution in [0.25, 0.3) is 0 Å². The Balaban J connectivity index is 1.29. The first kappa shape index (κ1) is 24.4. The van der Waals surface area contributed by atoms with E-state index in [2.05, 4.69) is 65.3 Å². The Kier molecular flexibility index (Phi) is 6.60. The monoisotopic (exact) mass is 538 g/mol. The molecule has 0 atom stereocenters. The van der Waals surface area contributed by atoms with Crippen LogP contribution in [0.4, 0.5) is 57.7 Å². The van der Waals surface area contributed by atoms with Crippen molar-refractivity contribution >= 4 is 57.7 Å². The number of anilines is 10. The van der Waals surface area contributed by atoms with E-state index < -0.39 is 0 Å². The lowest BCUT2D eigenvalue weighted by molar-refractivity contribution is 0.122. The Morgan fingerprint density at radius 3 is 1.35 bits per heavy atom. The number of benzene rings is 2. The normalized spacial score (nSPS) is 16.7. The third-order valence-electron chi connectivity index (χ3n) is 6.96. The zero-order valence-corrected chi connectivity index (χ0v) is 21.9. The van der Waals surface area contributed by atoms with Crippen molar-refractivity contribution in [2.24, 2.45) is 0 Å². The van der Waals surface area contributed by atoms with Gasteiger partial charge in [-0.05, 0) is 48.5 Å². The third kappa shape index (κ3) is 5.53. The molecule has 12 heteroatoms. The van der Waals surface area contributed by atoms with Gasteiger partial charge in [-0.25, -0.2) is 9.97 Å². The summed E-state index contributed by atoms with van der Waals surface area (Å²) in [5.74, 6) is 2.34. The lowest BCUT2D eigenvalue weighted by Gasteiger charge is -2.30. The van der Waals surface area contributed by atoms with Gasteiger partial charge in [-0.3, -0.25) is 0 Å². The van der Waals surface area contributed by atoms with E-state index in [9.17, 15) is 0 Å². The van der Waals surface area contributed by atoms with Crippen LogP contribution in [0.1, 0.15) is 0 Å². The van der Waals surface area contributed by atoms with Gasteiger partial charge >= 0.3 is 0 Å². The summed E-state index contributed by atoms with van der Waals surface area (Å²) in [4.78, 5) is 23.1. The van der Waals surface area contributed by atoms with Crippen molar-refractivity contribution in [1.29, 1.82) is 0 Å². The zero-order valence-electron chi connectivity index (χ0n) is 21.9. The molecular weight excluding hydrogens is 508 g/mol. The van der Waals surface area contributed by atoms with E-state index >= 15 is 0 Å². The van der Waals surface area contributed by atoms with Crippen LogP contribution in [0.3, 0.4) is 0 Å². The molecule has 0 radical (unpaired) electrons. The van der Waals surface area contributed by atoms with Crippen LogP contribution in [-0.4, -0.2) is 72.5 Å². The van der Waals surface area contributed by atoms with Gasteiger partial charge in [-0.1, -0.05) is 0 Å². The third-order valence-corrected chi connectivity index (χ3v) is 6.96. The topological polar surface area (TPSA) is 125 Å². The Morgan fingerprint density at radius 2 is 0.925 bits per heavy atom. The number of hydrogen-bond acceptors (Lipinski definition) is 12. The summed E-state index contributed by atoms with van der Waals surface area (Å²) >= 11 is 0. The zero-order chi connectivity index (χ0) is 26.7. The first-order valence-corrected chi connectivity index (χ1v) is 13.4. The fourth-order valence-corrected chi connectivity index (χ4v) is 5.05. The van der Waals surface area contributed by atoms with E-state index in [1.807, 2.05) is 24.3 Å². The minimum Gasteiger partial charge on any atom is -0.378 e. The van der Waals surface area contributed by atoms with E-state index in [1.165, 1.54) is 0 Å². The molecule has 4 aromatic rings. The van der Waals surface area contributed by atoms with Gasteiger partial charge in [0.1, 0.15) is 11.6 Å². The molecule has 204 valence electrons. The molecule has 5 heterocycles. The smallest absolute Gasteiger partial charge is 0.229 e. The summed E-state index contributed by atoms with van der Waals surface area (Å²) in [7, 11) is 0. The summed E-state index contributed by atoms with van der Waals surface area (Å²) in [5.41, 5.74) is 5.64. The van der Waals surface area contributed by atoms with Crippen LogP contribution in [0.15, 0.2) is 60.9 Å². The lowest BCUT2D eigenvalue weighted by atomic mass is 10.2. The van der Waals surface area contributed by atoms with Crippen molar-refractivity contribution in [2.75, 3.05) is 83.7 Å². The van der Waals surface area contributed by atoms with Crippen molar-refractivity contribution < 1.29 is 9.47 Å². The number of nitrogens with one attached hydrogen (secondary N) is 4. The van der Waals surface area contributed by atoms with Gasteiger partial charge in [-0.15, -0.1) is 0 Å². The second-order valence-electron chi connectivity index (χ2n) is 9.77. The van der Waals surface area contributed by atoms with Gasteiger partial charge in [0, 0.05) is 72.7 Å². The molecular formula is C28H30N10O2. The van der Waals surface area contributed by atoms with Crippen LogP contribution < -0.4 is 31.1 Å². The second-order valence-corrected chi connectivity index (χ2v) is 9.77. The van der Waals surface area contributed by atoms with Crippen LogP contribution in [0.2, 0.25) is 0 Å². The second kappa shape index (κ2) is 10.8. The average Bonchev–Trinajstić information content (AvgIpc) is 2.98. The van der Waals surface area contributed by atoms with Crippen molar-refractivity contribution in [2.45, 2.75) is 0 Å². The molecule has 2 saturated heterocycles. The average molecular weight is 539 g/mol. The predicted molar refractivity (Wildman–Crippen MR) is 156 cm³/mol. The molecule has 3 aliphatic rings. The number of ether oxygens (including phenoxy) is 2. The maximum Gasteiger partial charge on any atom is 0.229 e. The molecule has 12 nitrogen and oxygen atoms in total. The minimum atomic E-state index is 0.495. The van der Waals surface area contributed by atoms with Gasteiger partial charge in [-0.2, -0.15) is 9.97 Å². The molecule has 2 aromatic heterocycles. The standard InChI is InChI=1S/C28H30N10O2/c1-3-29-27-33-22-14-20(16-24(18-22)38-7-11-40-12-8-38)32-26-2-4-30-28(36-26)34-21-13-19(31-25(1)35-27)15-23(17-21)37-5-9-39-10-6-37/h1-4,13-18H,5-12H2,(H2,29,31,33,35)(H2,30,32,34,36). The van der Waals surface area contributed by atoms with E-state index in [0.29, 0.717) is 50.0 Å². The van der Waals surface area contributed by atoms with Gasteiger partial charge in [0.15, 0.2) is 0 Å². The first-order valence-electron chi connectivity index (χ1n) is 13.4. The van der Waals surface area contributed by atoms with Gasteiger partial charge in [0.25, 0.3) is 0 Å². The maximum absolute atomic E-state index is 5.57. The number of fused-ring (bicyclic) bond motifs is 8. The van der Waals surface area contributed by atoms with E-state index in [4.69, 9.17) is 19.4 Å². The molecule has 0 unspecified atom stereocenters. The molecule has 8 bridgehead atoms. The fraction of sp³-hybridized carbons (Fsp3) is 0.286. The molecule has 4 N–H and O–H groups in total. The molecule has 0 amide bonds. The van der Waals surface area contributed by atoms with E-state index in [1.54, 1.807) is 12.4 Å². The molecule has 40 heavy (non-hydrogen) atoms. The fourth-order valence-electron chi connectivity index (χ4n) is 5.05. The summed E-state index contributed by atoms with van der Waals surface area (Å²) in [6.45, 7) is 6.10. The van der Waals surface area contributed by atoms with Crippen molar-refractivity contribution in [3.63, 3.8) is 0 Å². The summed E-state index contributed by atoms with van der Waals surface area (Å²) in [5, 5.41) is 13.7. The highest BCUT2D eigenvalue weighted by Gasteiger charge is 2.16. The highest BCUT2D eigenvalue weighted by atomic mass is 16.5. The molecule has 2 fully saturated rings. The molecule has 0 aliphatic carbocycles. The quantitative estimate of drug-likeness (QED) is 0.257. The minimum absolute atomic E-state index is 0.495. The number of rotatable bonds is 2.